The largest absolute Gasteiger partial charge is 0.355 e. The minimum absolute atomic E-state index is 0.240. The van der Waals surface area contributed by atoms with Gasteiger partial charge in [-0.25, -0.2) is 9.97 Å². The summed E-state index contributed by atoms with van der Waals surface area (Å²) in [6.45, 7) is -0.717. The molecule has 1 aromatic heterocycles. The van der Waals surface area contributed by atoms with Gasteiger partial charge < -0.3 is 10.6 Å². The number of hydrogen-bond donors (Lipinski definition) is 2. The highest BCUT2D eigenvalue weighted by molar-refractivity contribution is 6.30. The van der Waals surface area contributed by atoms with Crippen molar-refractivity contribution < 1.29 is 8.91 Å². The number of nitrogens with zero attached hydrogens (tertiary/aromatic N) is 2. The second-order valence-electron chi connectivity index (χ2n) is 3.82. The molecule has 2 aromatic rings. The lowest BCUT2D eigenvalue weighted by Gasteiger charge is -2.06. The van der Waals surface area contributed by atoms with Crippen LogP contribution in [-0.2, 0) is 0 Å². The maximum Gasteiger partial charge on any atom is 0.251 e. The lowest BCUT2D eigenvalue weighted by atomic mass is 10.2. The number of halogens is 1. The predicted octanol–water partition coefficient (Wildman–Crippen LogP) is 2.54. The third-order valence-corrected chi connectivity index (χ3v) is 2.81. The quantitative estimate of drug-likeness (QED) is 0.848. The Bertz CT molecular complexity index is 689. The van der Waals surface area contributed by atoms with Gasteiger partial charge in [-0.3, -0.25) is 4.79 Å². The molecule has 0 spiro atoms. The van der Waals surface area contributed by atoms with Gasteiger partial charge in [-0.1, -0.05) is 11.6 Å². The van der Waals surface area contributed by atoms with Crippen LogP contribution in [0.15, 0.2) is 30.5 Å². The third-order valence-electron chi connectivity index (χ3n) is 2.43. The molecule has 0 aliphatic heterocycles. The van der Waals surface area contributed by atoms with Crippen LogP contribution >= 0.6 is 11.6 Å². The number of aromatic nitrogens is 2. The van der Waals surface area contributed by atoms with E-state index in [1.54, 1.807) is 25.3 Å². The standard InChI is InChI=1S/C13H13ClN4O/c1-8-7-16-13(18-11(8)14)17-10-5-3-9(4-6-10)12(19)15-2/h3-7H,1-2H3,(H,15,19)(H,16,17,18)/i2D3. The highest BCUT2D eigenvalue weighted by atomic mass is 35.5. The van der Waals surface area contributed by atoms with Crippen molar-refractivity contribution >= 4 is 29.1 Å². The fourth-order valence-corrected chi connectivity index (χ4v) is 1.52. The molecule has 0 radical (unpaired) electrons. The molecule has 2 rings (SSSR count). The topological polar surface area (TPSA) is 66.9 Å². The zero-order valence-corrected chi connectivity index (χ0v) is 10.8. The van der Waals surface area contributed by atoms with Crippen LogP contribution in [0.4, 0.5) is 11.6 Å². The summed E-state index contributed by atoms with van der Waals surface area (Å²) in [6.07, 6.45) is 1.59. The van der Waals surface area contributed by atoms with Crippen LogP contribution in [0, 0.1) is 6.92 Å². The van der Waals surface area contributed by atoms with E-state index in [1.165, 1.54) is 12.1 Å². The summed E-state index contributed by atoms with van der Waals surface area (Å²) < 4.78 is 21.0. The van der Waals surface area contributed by atoms with E-state index < -0.39 is 12.9 Å². The lowest BCUT2D eigenvalue weighted by Crippen LogP contribution is -2.17. The molecule has 19 heavy (non-hydrogen) atoms. The van der Waals surface area contributed by atoms with Gasteiger partial charge in [0.15, 0.2) is 0 Å². The molecule has 0 aliphatic rings. The number of rotatable bonds is 3. The highest BCUT2D eigenvalue weighted by Gasteiger charge is 2.04. The van der Waals surface area contributed by atoms with E-state index in [-0.39, 0.29) is 5.56 Å². The average molecular weight is 280 g/mol. The summed E-state index contributed by atoms with van der Waals surface area (Å²) in [5.74, 6) is -0.337. The van der Waals surface area contributed by atoms with Crippen molar-refractivity contribution in [3.05, 3.63) is 46.7 Å². The lowest BCUT2D eigenvalue weighted by molar-refractivity contribution is 0.0963. The monoisotopic (exact) mass is 279 g/mol. The fourth-order valence-electron chi connectivity index (χ4n) is 1.39. The first-order valence-corrected chi connectivity index (χ1v) is 5.81. The summed E-state index contributed by atoms with van der Waals surface area (Å²) in [6, 6.07) is 6.23. The van der Waals surface area contributed by atoms with Gasteiger partial charge in [0.1, 0.15) is 5.15 Å². The molecule has 0 saturated heterocycles. The van der Waals surface area contributed by atoms with Gasteiger partial charge >= 0.3 is 0 Å². The van der Waals surface area contributed by atoms with E-state index >= 15 is 0 Å². The van der Waals surface area contributed by atoms with Gasteiger partial charge in [-0.15, -0.1) is 0 Å². The number of carbonyl (C=O) groups is 1. The van der Waals surface area contributed by atoms with Crippen LogP contribution in [0.25, 0.3) is 0 Å². The second kappa shape index (κ2) is 5.67. The maximum absolute atomic E-state index is 11.7. The van der Waals surface area contributed by atoms with Gasteiger partial charge in [-0.2, -0.15) is 0 Å². The van der Waals surface area contributed by atoms with Gasteiger partial charge in [0.05, 0.1) is 0 Å². The Labute approximate surface area is 120 Å². The number of anilines is 2. The maximum atomic E-state index is 11.7. The summed E-state index contributed by atoms with van der Waals surface area (Å²) in [5, 5.41) is 5.21. The first-order valence-electron chi connectivity index (χ1n) is 6.93. The molecule has 0 unspecified atom stereocenters. The van der Waals surface area contributed by atoms with Gasteiger partial charge in [0.25, 0.3) is 5.91 Å². The van der Waals surface area contributed by atoms with Crippen molar-refractivity contribution in [3.63, 3.8) is 0 Å². The molecule has 6 heteroatoms. The summed E-state index contributed by atoms with van der Waals surface area (Å²) in [7, 11) is 0. The number of benzene rings is 1. The normalized spacial score (nSPS) is 13.1. The van der Waals surface area contributed by atoms with Crippen LogP contribution in [0.2, 0.25) is 5.15 Å². The highest BCUT2D eigenvalue weighted by Crippen LogP contribution is 2.17. The van der Waals surface area contributed by atoms with E-state index in [0.29, 0.717) is 16.8 Å². The van der Waals surface area contributed by atoms with E-state index in [2.05, 4.69) is 15.3 Å². The van der Waals surface area contributed by atoms with Crippen LogP contribution in [0.3, 0.4) is 0 Å². The van der Waals surface area contributed by atoms with Gasteiger partial charge in [0, 0.05) is 34.1 Å². The molecule has 0 atom stereocenters. The molecule has 5 nitrogen and oxygen atoms in total. The van der Waals surface area contributed by atoms with Crippen molar-refractivity contribution in [1.29, 1.82) is 0 Å². The molecular formula is C13H13ClN4O. The van der Waals surface area contributed by atoms with Crippen LogP contribution in [0.1, 0.15) is 20.0 Å². The molecular weight excluding hydrogens is 264 g/mol. The number of amides is 1. The van der Waals surface area contributed by atoms with Crippen molar-refractivity contribution in [2.45, 2.75) is 6.92 Å². The SMILES string of the molecule is [2H]C([2H])([2H])NC(=O)c1ccc(Nc2ncc(C)c(Cl)n2)cc1. The molecule has 1 aromatic carbocycles. The Morgan fingerprint density at radius 2 is 2.11 bits per heavy atom. The van der Waals surface area contributed by atoms with Gasteiger partial charge in [0.2, 0.25) is 5.95 Å². The number of nitrogens with one attached hydrogen (secondary N) is 2. The molecule has 1 amide bonds. The molecule has 1 heterocycles. The predicted molar refractivity (Wildman–Crippen MR) is 74.9 cm³/mol. The Morgan fingerprint density at radius 1 is 1.37 bits per heavy atom. The van der Waals surface area contributed by atoms with Crippen LogP contribution < -0.4 is 10.6 Å². The fraction of sp³-hybridized carbons (Fsp3) is 0.154. The van der Waals surface area contributed by atoms with Crippen molar-refractivity contribution in [1.82, 2.24) is 15.3 Å². The minimum atomic E-state index is -2.51. The minimum Gasteiger partial charge on any atom is -0.355 e. The van der Waals surface area contributed by atoms with Gasteiger partial charge in [-0.05, 0) is 31.2 Å². The van der Waals surface area contributed by atoms with E-state index in [0.717, 1.165) is 5.56 Å². The smallest absolute Gasteiger partial charge is 0.251 e. The molecule has 0 saturated carbocycles. The zero-order chi connectivity index (χ0) is 16.3. The summed E-state index contributed by atoms with van der Waals surface area (Å²) >= 11 is 5.91. The van der Waals surface area contributed by atoms with Crippen molar-refractivity contribution in [2.75, 3.05) is 12.3 Å². The van der Waals surface area contributed by atoms with E-state index in [4.69, 9.17) is 15.7 Å². The van der Waals surface area contributed by atoms with E-state index in [1.807, 2.05) is 5.32 Å². The molecule has 2 N–H and O–H groups in total. The Morgan fingerprint density at radius 3 is 2.74 bits per heavy atom. The molecule has 0 fully saturated rings. The Hall–Kier alpha value is -2.14. The second-order valence-corrected chi connectivity index (χ2v) is 4.18. The molecule has 0 aliphatic carbocycles. The molecule has 0 bridgehead atoms. The molecule has 98 valence electrons. The summed E-state index contributed by atoms with van der Waals surface area (Å²) in [4.78, 5) is 19.8. The van der Waals surface area contributed by atoms with E-state index in [9.17, 15) is 4.79 Å². The van der Waals surface area contributed by atoms with Crippen LogP contribution in [-0.4, -0.2) is 22.9 Å². The van der Waals surface area contributed by atoms with Crippen molar-refractivity contribution in [3.8, 4) is 0 Å². The summed E-state index contributed by atoms with van der Waals surface area (Å²) in [5.41, 5.74) is 1.65. The third kappa shape index (κ3) is 3.20. The Balaban J connectivity index is 2.08. The Kier molecular flexibility index (Phi) is 2.91. The average Bonchev–Trinajstić information content (AvgIpc) is 2.42. The zero-order valence-electron chi connectivity index (χ0n) is 13.1. The number of aryl methyl sites for hydroxylation is 1. The number of hydrogen-bond acceptors (Lipinski definition) is 4. The van der Waals surface area contributed by atoms with Crippen LogP contribution in [0.5, 0.6) is 0 Å². The first-order chi connectivity index (χ1) is 10.2. The number of carbonyl (C=O) groups excluding carboxylic acids is 1. The van der Waals surface area contributed by atoms with Crippen molar-refractivity contribution in [2.24, 2.45) is 0 Å². The first kappa shape index (κ1) is 9.75.